The zero-order valence-electron chi connectivity index (χ0n) is 19.9. The molecule has 4 N–H and O–H groups in total. The van der Waals surface area contributed by atoms with E-state index in [4.69, 9.17) is 33.9 Å². The molecule has 0 fully saturated rings. The molecule has 0 spiro atoms. The molecule has 0 radical (unpaired) electrons. The number of nitriles is 1. The van der Waals surface area contributed by atoms with Gasteiger partial charge in [0.1, 0.15) is 11.3 Å². The Morgan fingerprint density at radius 2 is 1.83 bits per heavy atom. The van der Waals surface area contributed by atoms with Gasteiger partial charge in [0.05, 0.1) is 22.3 Å². The van der Waals surface area contributed by atoms with E-state index in [0.29, 0.717) is 22.2 Å². The first kappa shape index (κ1) is 24.7. The highest BCUT2D eigenvalue weighted by Gasteiger charge is 2.45. The summed E-state index contributed by atoms with van der Waals surface area (Å²) in [6.07, 6.45) is 6.05. The molecular weight excluding hydrogens is 477 g/mol. The standard InChI is InChI=1S/C28H27Cl2N5/c1-27-14-13-20(28(17-32,23(16-31)33-2)19-9-11-21(29)12-10-19)15-22(27)25(30)24(26(34-3)35-27)18-7-5-4-6-8-18/h4-13,15-16,33H,14,31H2,1-3H3,(H,34,35)/b23-16-. The van der Waals surface area contributed by atoms with Crippen LogP contribution in [0.5, 0.6) is 0 Å². The van der Waals surface area contributed by atoms with Gasteiger partial charge in [0.15, 0.2) is 0 Å². The predicted molar refractivity (Wildman–Crippen MR) is 145 cm³/mol. The van der Waals surface area contributed by atoms with Crippen molar-refractivity contribution in [2.24, 2.45) is 10.7 Å². The van der Waals surface area contributed by atoms with Crippen molar-refractivity contribution in [2.45, 2.75) is 24.3 Å². The van der Waals surface area contributed by atoms with Crippen molar-refractivity contribution in [3.63, 3.8) is 0 Å². The number of halogens is 2. The Bertz CT molecular complexity index is 1330. The lowest BCUT2D eigenvalue weighted by atomic mass is 9.67. The molecule has 1 heterocycles. The number of nitrogens with zero attached hydrogens (tertiary/aromatic N) is 2. The summed E-state index contributed by atoms with van der Waals surface area (Å²) >= 11 is 13.3. The van der Waals surface area contributed by atoms with Gasteiger partial charge in [-0.05, 0) is 53.8 Å². The molecular formula is C28H27Cl2N5. The molecule has 2 aromatic carbocycles. The fraction of sp³-hybridized carbons (Fsp3) is 0.214. The fourth-order valence-electron chi connectivity index (χ4n) is 4.81. The Morgan fingerprint density at radius 1 is 1.14 bits per heavy atom. The number of fused-ring (bicyclic) bond motifs is 1. The average molecular weight is 504 g/mol. The van der Waals surface area contributed by atoms with Gasteiger partial charge in [-0.15, -0.1) is 0 Å². The van der Waals surface area contributed by atoms with Crippen LogP contribution in [0, 0.1) is 11.3 Å². The van der Waals surface area contributed by atoms with E-state index in [1.54, 1.807) is 19.2 Å². The van der Waals surface area contributed by atoms with Crippen molar-refractivity contribution in [1.82, 2.24) is 10.6 Å². The SMILES string of the molecule is CNC1=NC2(C)CC=C(C(C#N)(/C(=C/N)NC)c3ccc(Cl)cc3)C=C2C(Cl)=C1c1ccccc1. The van der Waals surface area contributed by atoms with Crippen LogP contribution in [-0.2, 0) is 5.41 Å². The van der Waals surface area contributed by atoms with Crippen molar-refractivity contribution in [3.05, 3.63) is 111 Å². The van der Waals surface area contributed by atoms with Crippen molar-refractivity contribution >= 4 is 34.6 Å². The van der Waals surface area contributed by atoms with Gasteiger partial charge < -0.3 is 16.4 Å². The lowest BCUT2D eigenvalue weighted by Crippen LogP contribution is -2.40. The van der Waals surface area contributed by atoms with E-state index in [0.717, 1.165) is 33.7 Å². The number of hydrogen-bond donors (Lipinski definition) is 3. The van der Waals surface area contributed by atoms with E-state index in [9.17, 15) is 5.26 Å². The van der Waals surface area contributed by atoms with Gasteiger partial charge in [-0.3, -0.25) is 4.99 Å². The highest BCUT2D eigenvalue weighted by molar-refractivity contribution is 6.43. The summed E-state index contributed by atoms with van der Waals surface area (Å²) in [6, 6.07) is 19.7. The van der Waals surface area contributed by atoms with Crippen molar-refractivity contribution in [3.8, 4) is 6.07 Å². The quantitative estimate of drug-likeness (QED) is 0.508. The molecule has 4 rings (SSSR count). The normalized spacial score (nSPS) is 21.6. The maximum absolute atomic E-state index is 10.6. The van der Waals surface area contributed by atoms with Gasteiger partial charge in [0, 0.05) is 30.9 Å². The number of rotatable bonds is 5. The first-order valence-electron chi connectivity index (χ1n) is 11.3. The van der Waals surface area contributed by atoms with Crippen LogP contribution in [0.25, 0.3) is 5.57 Å². The minimum atomic E-state index is -1.18. The Kier molecular flexibility index (Phi) is 6.80. The Balaban J connectivity index is 1.96. The lowest BCUT2D eigenvalue weighted by molar-refractivity contribution is 0.548. The van der Waals surface area contributed by atoms with E-state index in [2.05, 4.69) is 29.7 Å². The van der Waals surface area contributed by atoms with Crippen LogP contribution in [0.4, 0.5) is 0 Å². The smallest absolute Gasteiger partial charge is 0.148 e. The maximum atomic E-state index is 10.6. The molecule has 0 amide bonds. The van der Waals surface area contributed by atoms with Gasteiger partial charge >= 0.3 is 0 Å². The molecule has 2 aliphatic rings. The maximum Gasteiger partial charge on any atom is 0.148 e. The minimum Gasteiger partial charge on any atom is -0.403 e. The second-order valence-corrected chi connectivity index (χ2v) is 9.47. The zero-order chi connectivity index (χ0) is 25.2. The predicted octanol–water partition coefficient (Wildman–Crippen LogP) is 5.42. The molecule has 2 atom stereocenters. The molecule has 2 aromatic rings. The van der Waals surface area contributed by atoms with Gasteiger partial charge in [0.2, 0.25) is 0 Å². The van der Waals surface area contributed by atoms with Gasteiger partial charge in [0.25, 0.3) is 0 Å². The average Bonchev–Trinajstić information content (AvgIpc) is 2.88. The molecule has 0 aromatic heterocycles. The number of likely N-dealkylation sites (N-methyl/N-ethyl adjacent to an activating group) is 2. The third-order valence-electron chi connectivity index (χ3n) is 6.67. The van der Waals surface area contributed by atoms with Gasteiger partial charge in [-0.1, -0.05) is 71.7 Å². The molecule has 2 unspecified atom stereocenters. The summed E-state index contributed by atoms with van der Waals surface area (Å²) in [5.41, 5.74) is 9.00. The Morgan fingerprint density at radius 3 is 2.40 bits per heavy atom. The summed E-state index contributed by atoms with van der Waals surface area (Å²) in [6.45, 7) is 2.06. The largest absolute Gasteiger partial charge is 0.403 e. The zero-order valence-corrected chi connectivity index (χ0v) is 21.4. The highest BCUT2D eigenvalue weighted by atomic mass is 35.5. The second-order valence-electron chi connectivity index (χ2n) is 8.66. The molecule has 0 bridgehead atoms. The van der Waals surface area contributed by atoms with Gasteiger partial charge in [-0.25, -0.2) is 0 Å². The van der Waals surface area contributed by atoms with E-state index in [1.165, 1.54) is 6.20 Å². The molecule has 1 aliphatic carbocycles. The number of dihydropyridines is 1. The number of nitrogens with one attached hydrogen (secondary N) is 2. The molecule has 0 saturated carbocycles. The third-order valence-corrected chi connectivity index (χ3v) is 7.31. The first-order chi connectivity index (χ1) is 16.8. The van der Waals surface area contributed by atoms with Crippen molar-refractivity contribution < 1.29 is 0 Å². The highest BCUT2D eigenvalue weighted by Crippen LogP contribution is 2.49. The third kappa shape index (κ3) is 4.03. The monoisotopic (exact) mass is 503 g/mol. The van der Waals surface area contributed by atoms with Crippen molar-refractivity contribution in [1.29, 1.82) is 5.26 Å². The number of allylic oxidation sites excluding steroid dienone is 2. The molecule has 7 heteroatoms. The number of amidine groups is 1. The van der Waals surface area contributed by atoms with Crippen LogP contribution in [0.1, 0.15) is 24.5 Å². The van der Waals surface area contributed by atoms with Crippen LogP contribution in [0.3, 0.4) is 0 Å². The Labute approximate surface area is 216 Å². The van der Waals surface area contributed by atoms with Crippen molar-refractivity contribution in [2.75, 3.05) is 14.1 Å². The summed E-state index contributed by atoms with van der Waals surface area (Å²) in [4.78, 5) is 5.07. The molecule has 35 heavy (non-hydrogen) atoms. The lowest BCUT2D eigenvalue weighted by Gasteiger charge is -2.40. The number of benzene rings is 2. The van der Waals surface area contributed by atoms with Crippen LogP contribution in [0.15, 0.2) is 99.8 Å². The van der Waals surface area contributed by atoms with E-state index in [1.807, 2.05) is 55.6 Å². The molecule has 178 valence electrons. The molecule has 5 nitrogen and oxygen atoms in total. The van der Waals surface area contributed by atoms with Crippen LogP contribution in [-0.4, -0.2) is 25.5 Å². The minimum absolute atomic E-state index is 0.563. The van der Waals surface area contributed by atoms with E-state index >= 15 is 0 Å². The first-order valence-corrected chi connectivity index (χ1v) is 12.0. The second kappa shape index (κ2) is 9.65. The molecule has 0 saturated heterocycles. The fourth-order valence-corrected chi connectivity index (χ4v) is 5.39. The topological polar surface area (TPSA) is 86.2 Å². The summed E-state index contributed by atoms with van der Waals surface area (Å²) in [7, 11) is 3.60. The van der Waals surface area contributed by atoms with Gasteiger partial charge in [-0.2, -0.15) is 5.26 Å². The van der Waals surface area contributed by atoms with E-state index < -0.39 is 11.0 Å². The Hall–Kier alpha value is -3.46. The van der Waals surface area contributed by atoms with Crippen LogP contribution in [0.2, 0.25) is 5.02 Å². The van der Waals surface area contributed by atoms with E-state index in [-0.39, 0.29) is 0 Å². The molecule has 1 aliphatic heterocycles. The summed E-state index contributed by atoms with van der Waals surface area (Å²) in [5.74, 6) is 0.736. The van der Waals surface area contributed by atoms with Crippen LogP contribution < -0.4 is 16.4 Å². The summed E-state index contributed by atoms with van der Waals surface area (Å²) < 4.78 is 0. The number of nitrogens with two attached hydrogens (primary N) is 1. The van der Waals surface area contributed by atoms with Crippen LogP contribution >= 0.6 is 23.2 Å². The summed E-state index contributed by atoms with van der Waals surface area (Å²) in [5, 5.41) is 18.2. The number of aliphatic imine (C=N–C) groups is 1. The number of hydrogen-bond acceptors (Lipinski definition) is 5.